The molecule has 0 atom stereocenters. The first kappa shape index (κ1) is 12.2. The Morgan fingerprint density at radius 2 is 2.06 bits per heavy atom. The van der Waals surface area contributed by atoms with Crippen molar-refractivity contribution < 1.29 is 14.3 Å². The van der Waals surface area contributed by atoms with Crippen LogP contribution in [0.15, 0.2) is 18.2 Å². The summed E-state index contributed by atoms with van der Waals surface area (Å²) in [5.41, 5.74) is 1.55. The van der Waals surface area contributed by atoms with Crippen molar-refractivity contribution in [2.75, 3.05) is 14.2 Å². The van der Waals surface area contributed by atoms with Crippen LogP contribution in [0.5, 0.6) is 5.75 Å². The number of carbonyl (C=O) groups excluding carboxylic acids is 1. The highest BCUT2D eigenvalue weighted by molar-refractivity contribution is 14.1. The normalized spacial score (nSPS) is 10.6. The number of carbonyl (C=O) groups is 1. The quantitative estimate of drug-likeness (QED) is 0.621. The molecule has 2 aromatic rings. The van der Waals surface area contributed by atoms with Crippen molar-refractivity contribution in [1.29, 1.82) is 0 Å². The highest BCUT2D eigenvalue weighted by atomic mass is 127. The second-order valence-corrected chi connectivity index (χ2v) is 4.68. The number of benzene rings is 1. The van der Waals surface area contributed by atoms with Crippen LogP contribution in [0.2, 0.25) is 0 Å². The molecule has 17 heavy (non-hydrogen) atoms. The van der Waals surface area contributed by atoms with Gasteiger partial charge >= 0.3 is 5.97 Å². The highest BCUT2D eigenvalue weighted by Gasteiger charge is 2.20. The highest BCUT2D eigenvalue weighted by Crippen LogP contribution is 2.30. The third-order valence-electron chi connectivity index (χ3n) is 2.72. The van der Waals surface area contributed by atoms with Gasteiger partial charge in [-0.2, -0.15) is 0 Å². The topological polar surface area (TPSA) is 40.5 Å². The van der Waals surface area contributed by atoms with E-state index in [0.717, 1.165) is 20.2 Å². The molecule has 0 spiro atoms. The van der Waals surface area contributed by atoms with Crippen LogP contribution in [0.4, 0.5) is 0 Å². The minimum absolute atomic E-state index is 0.327. The minimum Gasteiger partial charge on any atom is -0.497 e. The van der Waals surface area contributed by atoms with Gasteiger partial charge in [-0.15, -0.1) is 0 Å². The molecule has 0 aliphatic carbocycles. The summed E-state index contributed by atoms with van der Waals surface area (Å²) in [4.78, 5) is 11.7. The number of aryl methyl sites for hydroxylation is 1. The maximum atomic E-state index is 11.7. The second-order valence-electron chi connectivity index (χ2n) is 3.60. The molecule has 0 fully saturated rings. The summed E-state index contributed by atoms with van der Waals surface area (Å²) < 4.78 is 12.7. The Bertz CT molecular complexity index is 589. The van der Waals surface area contributed by atoms with E-state index in [1.54, 1.807) is 7.11 Å². The van der Waals surface area contributed by atoms with Gasteiger partial charge in [0.15, 0.2) is 0 Å². The first-order valence-electron chi connectivity index (χ1n) is 5.00. The molecule has 0 saturated carbocycles. The van der Waals surface area contributed by atoms with Crippen molar-refractivity contribution in [3.63, 3.8) is 0 Å². The molecule has 2 rings (SSSR count). The molecular weight excluding hydrogens is 333 g/mol. The average Bonchev–Trinajstić information content (AvgIpc) is 2.60. The molecule has 0 N–H and O–H groups in total. The van der Waals surface area contributed by atoms with Crippen molar-refractivity contribution in [3.8, 4) is 5.75 Å². The summed E-state index contributed by atoms with van der Waals surface area (Å²) in [7, 11) is 4.86. The Morgan fingerprint density at radius 3 is 2.65 bits per heavy atom. The number of fused-ring (bicyclic) bond motifs is 1. The predicted octanol–water partition coefficient (Wildman–Crippen LogP) is 2.58. The number of methoxy groups -OCH3 is 2. The van der Waals surface area contributed by atoms with Crippen molar-refractivity contribution in [2.24, 2.45) is 7.05 Å². The third-order valence-corrected chi connectivity index (χ3v) is 3.82. The lowest BCUT2D eigenvalue weighted by atomic mass is 10.2. The molecule has 1 aromatic heterocycles. The number of aromatic nitrogens is 1. The number of rotatable bonds is 2. The van der Waals surface area contributed by atoms with Gasteiger partial charge < -0.3 is 14.0 Å². The molecule has 0 aliphatic heterocycles. The van der Waals surface area contributed by atoms with Gasteiger partial charge in [0.05, 0.1) is 17.8 Å². The molecule has 0 saturated heterocycles. The van der Waals surface area contributed by atoms with Crippen LogP contribution in [0.3, 0.4) is 0 Å². The number of esters is 1. The average molecular weight is 345 g/mol. The van der Waals surface area contributed by atoms with E-state index in [9.17, 15) is 4.79 Å². The van der Waals surface area contributed by atoms with E-state index in [1.165, 1.54) is 7.11 Å². The van der Waals surface area contributed by atoms with Crippen molar-refractivity contribution in [1.82, 2.24) is 4.57 Å². The van der Waals surface area contributed by atoms with Gasteiger partial charge in [0.1, 0.15) is 11.4 Å². The third kappa shape index (κ3) is 1.88. The zero-order valence-electron chi connectivity index (χ0n) is 9.78. The summed E-state index contributed by atoms with van der Waals surface area (Å²) in [6, 6.07) is 5.73. The fraction of sp³-hybridized carbons (Fsp3) is 0.250. The maximum Gasteiger partial charge on any atom is 0.355 e. The number of hydrogen-bond acceptors (Lipinski definition) is 3. The standard InChI is InChI=1S/C12H12INO3/c1-14-9-5-4-7(16-2)6-8(9)10(13)11(14)12(15)17-3/h4-6H,1-3H3. The lowest BCUT2D eigenvalue weighted by Crippen LogP contribution is -2.08. The van der Waals surface area contributed by atoms with Crippen LogP contribution >= 0.6 is 22.6 Å². The van der Waals surface area contributed by atoms with E-state index in [4.69, 9.17) is 9.47 Å². The Hall–Kier alpha value is -1.24. The second kappa shape index (κ2) is 4.56. The largest absolute Gasteiger partial charge is 0.497 e. The summed E-state index contributed by atoms with van der Waals surface area (Å²) in [5.74, 6) is 0.449. The molecule has 1 heterocycles. The predicted molar refractivity (Wildman–Crippen MR) is 73.5 cm³/mol. The number of hydrogen-bond donors (Lipinski definition) is 0. The van der Waals surface area contributed by atoms with Crippen molar-refractivity contribution in [3.05, 3.63) is 27.5 Å². The van der Waals surface area contributed by atoms with E-state index in [0.29, 0.717) is 5.69 Å². The lowest BCUT2D eigenvalue weighted by molar-refractivity contribution is 0.0589. The van der Waals surface area contributed by atoms with Crippen LogP contribution in [-0.4, -0.2) is 24.8 Å². The smallest absolute Gasteiger partial charge is 0.355 e. The van der Waals surface area contributed by atoms with Crippen LogP contribution < -0.4 is 4.74 Å². The van der Waals surface area contributed by atoms with E-state index >= 15 is 0 Å². The SMILES string of the molecule is COC(=O)c1c(I)c2cc(OC)ccc2n1C. The van der Waals surface area contributed by atoms with Gasteiger partial charge in [0.25, 0.3) is 0 Å². The zero-order chi connectivity index (χ0) is 12.6. The first-order valence-corrected chi connectivity index (χ1v) is 6.08. The van der Waals surface area contributed by atoms with Crippen LogP contribution in [-0.2, 0) is 11.8 Å². The fourth-order valence-electron chi connectivity index (χ4n) is 1.83. The number of halogens is 1. The monoisotopic (exact) mass is 345 g/mol. The lowest BCUT2D eigenvalue weighted by Gasteiger charge is -2.02. The molecule has 1 aromatic carbocycles. The first-order chi connectivity index (χ1) is 8.10. The minimum atomic E-state index is -0.327. The van der Waals surface area contributed by atoms with Crippen molar-refractivity contribution in [2.45, 2.75) is 0 Å². The van der Waals surface area contributed by atoms with Gasteiger partial charge in [0.2, 0.25) is 0 Å². The maximum absolute atomic E-state index is 11.7. The van der Waals surface area contributed by atoms with Gasteiger partial charge in [0, 0.05) is 18.0 Å². The Kier molecular flexibility index (Phi) is 3.28. The molecule has 0 amide bonds. The van der Waals surface area contributed by atoms with E-state index in [1.807, 2.05) is 29.8 Å². The van der Waals surface area contributed by atoms with Gasteiger partial charge in [-0.1, -0.05) is 0 Å². The summed E-state index contributed by atoms with van der Waals surface area (Å²) in [5, 5.41) is 0.993. The summed E-state index contributed by atoms with van der Waals surface area (Å²) >= 11 is 2.15. The van der Waals surface area contributed by atoms with Gasteiger partial charge in [-0.3, -0.25) is 0 Å². The molecule has 5 heteroatoms. The van der Waals surface area contributed by atoms with Crippen LogP contribution in [0.1, 0.15) is 10.5 Å². The van der Waals surface area contributed by atoms with Gasteiger partial charge in [-0.25, -0.2) is 4.79 Å². The number of nitrogens with zero attached hydrogens (tertiary/aromatic N) is 1. The number of ether oxygens (including phenoxy) is 2. The fourth-order valence-corrected chi connectivity index (χ4v) is 2.84. The van der Waals surface area contributed by atoms with Gasteiger partial charge in [-0.05, 0) is 40.8 Å². The Balaban J connectivity index is 2.75. The molecular formula is C12H12INO3. The van der Waals surface area contributed by atoms with Crippen LogP contribution in [0.25, 0.3) is 10.9 Å². The molecule has 0 aliphatic rings. The van der Waals surface area contributed by atoms with E-state index in [-0.39, 0.29) is 5.97 Å². The van der Waals surface area contributed by atoms with Crippen molar-refractivity contribution >= 4 is 39.5 Å². The summed E-state index contributed by atoms with van der Waals surface area (Å²) in [6.07, 6.45) is 0. The molecule has 0 unspecified atom stereocenters. The summed E-state index contributed by atoms with van der Waals surface area (Å²) in [6.45, 7) is 0. The Morgan fingerprint density at radius 1 is 1.35 bits per heavy atom. The van der Waals surface area contributed by atoms with Crippen LogP contribution in [0, 0.1) is 3.57 Å². The molecule has 4 nitrogen and oxygen atoms in total. The van der Waals surface area contributed by atoms with E-state index < -0.39 is 0 Å². The molecule has 0 bridgehead atoms. The molecule has 90 valence electrons. The Labute approximate surface area is 113 Å². The van der Waals surface area contributed by atoms with E-state index in [2.05, 4.69) is 22.6 Å². The molecule has 0 radical (unpaired) electrons. The zero-order valence-corrected chi connectivity index (χ0v) is 11.9.